The molecular weight excluding hydrogens is 416 g/mol. The van der Waals surface area contributed by atoms with Crippen molar-refractivity contribution in [3.8, 4) is 5.69 Å². The Labute approximate surface area is 181 Å². The molecule has 1 aliphatic rings. The van der Waals surface area contributed by atoms with Crippen LogP contribution in [0.4, 0.5) is 5.69 Å². The van der Waals surface area contributed by atoms with Crippen molar-refractivity contribution in [3.05, 3.63) is 60.4 Å². The molecule has 9 nitrogen and oxygen atoms in total. The average molecular weight is 441 g/mol. The van der Waals surface area contributed by atoms with Gasteiger partial charge in [0.05, 0.1) is 10.6 Å². The number of rotatable bonds is 6. The van der Waals surface area contributed by atoms with E-state index < -0.39 is 10.0 Å². The van der Waals surface area contributed by atoms with E-state index in [1.54, 1.807) is 43.4 Å². The number of hydrogen-bond donors (Lipinski definition) is 1. The Morgan fingerprint density at radius 1 is 1.10 bits per heavy atom. The molecule has 2 aromatic carbocycles. The third-order valence-corrected chi connectivity index (χ3v) is 7.52. The van der Waals surface area contributed by atoms with Gasteiger partial charge in [0.1, 0.15) is 6.33 Å². The predicted octanol–water partition coefficient (Wildman–Crippen LogP) is 2.87. The van der Waals surface area contributed by atoms with Crippen molar-refractivity contribution >= 4 is 21.6 Å². The lowest BCUT2D eigenvalue weighted by Gasteiger charge is -2.30. The lowest BCUT2D eigenvalue weighted by Crippen LogP contribution is -2.38. The van der Waals surface area contributed by atoms with E-state index in [4.69, 9.17) is 0 Å². The van der Waals surface area contributed by atoms with E-state index in [1.165, 1.54) is 27.4 Å². The first-order chi connectivity index (χ1) is 14.9. The van der Waals surface area contributed by atoms with Crippen molar-refractivity contribution in [2.75, 3.05) is 12.4 Å². The third-order valence-electron chi connectivity index (χ3n) is 5.60. The maximum absolute atomic E-state index is 13.0. The van der Waals surface area contributed by atoms with Gasteiger partial charge in [0, 0.05) is 24.3 Å². The van der Waals surface area contributed by atoms with Gasteiger partial charge in [0.2, 0.25) is 10.0 Å². The normalized spacial score (nSPS) is 15.2. The molecule has 31 heavy (non-hydrogen) atoms. The van der Waals surface area contributed by atoms with Gasteiger partial charge in [-0.1, -0.05) is 25.3 Å². The minimum atomic E-state index is -3.57. The van der Waals surface area contributed by atoms with Crippen molar-refractivity contribution in [2.45, 2.75) is 43.0 Å². The molecule has 0 aliphatic heterocycles. The number of anilines is 1. The Balaban J connectivity index is 1.46. The Kier molecular flexibility index (Phi) is 6.10. The molecule has 0 saturated heterocycles. The third kappa shape index (κ3) is 4.64. The average Bonchev–Trinajstić information content (AvgIpc) is 3.35. The molecule has 1 aromatic heterocycles. The number of tetrazole rings is 1. The van der Waals surface area contributed by atoms with Gasteiger partial charge in [0.15, 0.2) is 0 Å². The molecule has 0 bridgehead atoms. The lowest BCUT2D eigenvalue weighted by molar-refractivity contribution is 0.102. The summed E-state index contributed by atoms with van der Waals surface area (Å²) in [5, 5.41) is 13.8. The van der Waals surface area contributed by atoms with Crippen LogP contribution in [0.5, 0.6) is 0 Å². The van der Waals surface area contributed by atoms with E-state index in [9.17, 15) is 13.2 Å². The molecule has 0 spiro atoms. The zero-order valence-electron chi connectivity index (χ0n) is 17.2. The second-order valence-electron chi connectivity index (χ2n) is 7.60. The standard InChI is InChI=1S/C21H24N6O3S/c1-26(18-7-3-2-4-8-18)31(29,30)20-12-10-17(11-13-20)23-21(28)16-6-5-9-19(14-16)27-15-22-24-25-27/h5-6,9-15,18H,2-4,7-8H2,1H3,(H,23,28). The monoisotopic (exact) mass is 440 g/mol. The van der Waals surface area contributed by atoms with Gasteiger partial charge in [0.25, 0.3) is 5.91 Å². The first-order valence-electron chi connectivity index (χ1n) is 10.2. The first kappa shape index (κ1) is 21.1. The number of amides is 1. The molecule has 0 atom stereocenters. The van der Waals surface area contributed by atoms with Crippen LogP contribution in [0.15, 0.2) is 59.8 Å². The Morgan fingerprint density at radius 3 is 2.52 bits per heavy atom. The van der Waals surface area contributed by atoms with E-state index in [1.807, 2.05) is 0 Å². The molecule has 1 N–H and O–H groups in total. The number of carbonyl (C=O) groups is 1. The molecule has 1 aliphatic carbocycles. The number of hydrogen-bond acceptors (Lipinski definition) is 6. The summed E-state index contributed by atoms with van der Waals surface area (Å²) < 4.78 is 28.9. The number of benzene rings is 2. The summed E-state index contributed by atoms with van der Waals surface area (Å²) in [5.74, 6) is -0.315. The summed E-state index contributed by atoms with van der Waals surface area (Å²) in [6, 6.07) is 13.2. The van der Waals surface area contributed by atoms with Crippen molar-refractivity contribution in [1.82, 2.24) is 24.5 Å². The van der Waals surface area contributed by atoms with Gasteiger partial charge < -0.3 is 5.32 Å². The van der Waals surface area contributed by atoms with Crippen molar-refractivity contribution in [3.63, 3.8) is 0 Å². The zero-order valence-corrected chi connectivity index (χ0v) is 18.0. The molecule has 0 unspecified atom stereocenters. The fourth-order valence-electron chi connectivity index (χ4n) is 3.79. The predicted molar refractivity (Wildman–Crippen MR) is 115 cm³/mol. The SMILES string of the molecule is CN(C1CCCCC1)S(=O)(=O)c1ccc(NC(=O)c2cccc(-n3cnnn3)c2)cc1. The van der Waals surface area contributed by atoms with Gasteiger partial charge in [-0.05, 0) is 65.7 Å². The fraction of sp³-hybridized carbons (Fsp3) is 0.333. The minimum Gasteiger partial charge on any atom is -0.322 e. The summed E-state index contributed by atoms with van der Waals surface area (Å²) in [7, 11) is -1.92. The van der Waals surface area contributed by atoms with Crippen LogP contribution in [-0.4, -0.2) is 51.9 Å². The van der Waals surface area contributed by atoms with Crippen LogP contribution < -0.4 is 5.32 Å². The number of nitrogens with one attached hydrogen (secondary N) is 1. The van der Waals surface area contributed by atoms with Crippen LogP contribution in [0.2, 0.25) is 0 Å². The van der Waals surface area contributed by atoms with Crippen molar-refractivity contribution < 1.29 is 13.2 Å². The Bertz CT molecular complexity index is 1140. The highest BCUT2D eigenvalue weighted by Gasteiger charge is 2.28. The first-order valence-corrected chi connectivity index (χ1v) is 11.6. The quantitative estimate of drug-likeness (QED) is 0.631. The van der Waals surface area contributed by atoms with Gasteiger partial charge >= 0.3 is 0 Å². The molecule has 3 aromatic rings. The van der Waals surface area contributed by atoms with Gasteiger partial charge in [-0.25, -0.2) is 13.1 Å². The van der Waals surface area contributed by atoms with Gasteiger partial charge in [-0.2, -0.15) is 4.31 Å². The van der Waals surface area contributed by atoms with E-state index in [2.05, 4.69) is 20.8 Å². The molecule has 162 valence electrons. The zero-order chi connectivity index (χ0) is 21.8. The van der Waals surface area contributed by atoms with Gasteiger partial charge in [-0.15, -0.1) is 5.10 Å². The van der Waals surface area contributed by atoms with E-state index in [-0.39, 0.29) is 16.8 Å². The highest BCUT2D eigenvalue weighted by atomic mass is 32.2. The highest BCUT2D eigenvalue weighted by Crippen LogP contribution is 2.27. The van der Waals surface area contributed by atoms with Crippen LogP contribution in [-0.2, 0) is 10.0 Å². The van der Waals surface area contributed by atoms with Crippen LogP contribution in [0.3, 0.4) is 0 Å². The lowest BCUT2D eigenvalue weighted by atomic mass is 9.96. The maximum atomic E-state index is 13.0. The Hall–Kier alpha value is -3.11. The molecular formula is C21H24N6O3S. The van der Waals surface area contributed by atoms with E-state index in [0.717, 1.165) is 32.1 Å². The molecule has 1 heterocycles. The summed E-state index contributed by atoms with van der Waals surface area (Å²) in [6.07, 6.45) is 6.52. The van der Waals surface area contributed by atoms with E-state index in [0.29, 0.717) is 16.9 Å². The van der Waals surface area contributed by atoms with Crippen molar-refractivity contribution in [2.24, 2.45) is 0 Å². The second kappa shape index (κ2) is 8.94. The fourth-order valence-corrected chi connectivity index (χ4v) is 5.21. The number of nitrogens with zero attached hydrogens (tertiary/aromatic N) is 5. The number of aromatic nitrogens is 4. The number of carbonyl (C=O) groups excluding carboxylic acids is 1. The van der Waals surface area contributed by atoms with Crippen LogP contribution >= 0.6 is 0 Å². The second-order valence-corrected chi connectivity index (χ2v) is 9.59. The summed E-state index contributed by atoms with van der Waals surface area (Å²) in [4.78, 5) is 12.9. The molecule has 1 amide bonds. The van der Waals surface area contributed by atoms with Crippen LogP contribution in [0.1, 0.15) is 42.5 Å². The summed E-state index contributed by atoms with van der Waals surface area (Å²) in [5.41, 5.74) is 1.60. The van der Waals surface area contributed by atoms with Crippen LogP contribution in [0.25, 0.3) is 5.69 Å². The molecule has 1 saturated carbocycles. The molecule has 0 radical (unpaired) electrons. The van der Waals surface area contributed by atoms with Crippen LogP contribution in [0, 0.1) is 0 Å². The molecule has 1 fully saturated rings. The highest BCUT2D eigenvalue weighted by molar-refractivity contribution is 7.89. The molecule has 10 heteroatoms. The van der Waals surface area contributed by atoms with Gasteiger partial charge in [-0.3, -0.25) is 4.79 Å². The molecule has 4 rings (SSSR count). The Morgan fingerprint density at radius 2 is 1.84 bits per heavy atom. The largest absolute Gasteiger partial charge is 0.322 e. The smallest absolute Gasteiger partial charge is 0.255 e. The number of sulfonamides is 1. The maximum Gasteiger partial charge on any atom is 0.255 e. The van der Waals surface area contributed by atoms with E-state index >= 15 is 0 Å². The summed E-state index contributed by atoms with van der Waals surface area (Å²) in [6.45, 7) is 0. The van der Waals surface area contributed by atoms with Crippen molar-refractivity contribution in [1.29, 1.82) is 0 Å². The minimum absolute atomic E-state index is 0.0468. The summed E-state index contributed by atoms with van der Waals surface area (Å²) >= 11 is 0. The topological polar surface area (TPSA) is 110 Å².